The van der Waals surface area contributed by atoms with Crippen molar-refractivity contribution in [2.75, 3.05) is 30.4 Å². The lowest BCUT2D eigenvalue weighted by Crippen LogP contribution is -2.35. The van der Waals surface area contributed by atoms with Crippen LogP contribution in [0.1, 0.15) is 54.2 Å². The van der Waals surface area contributed by atoms with Crippen LogP contribution in [0, 0.1) is 12.8 Å². The van der Waals surface area contributed by atoms with Crippen molar-refractivity contribution in [3.05, 3.63) is 22.9 Å². The highest BCUT2D eigenvalue weighted by Crippen LogP contribution is 2.42. The van der Waals surface area contributed by atoms with Gasteiger partial charge in [-0.15, -0.1) is 0 Å². The molecule has 1 aliphatic carbocycles. The van der Waals surface area contributed by atoms with Crippen molar-refractivity contribution in [2.24, 2.45) is 5.92 Å². The number of hydrogen-bond donors (Lipinski definition) is 2. The van der Waals surface area contributed by atoms with E-state index in [4.69, 9.17) is 4.98 Å². The van der Waals surface area contributed by atoms with E-state index in [1.54, 1.807) is 7.05 Å². The van der Waals surface area contributed by atoms with Gasteiger partial charge in [-0.1, -0.05) is 11.3 Å². The molecule has 9 heteroatoms. The summed E-state index contributed by atoms with van der Waals surface area (Å²) in [4.78, 5) is 39.8. The van der Waals surface area contributed by atoms with Gasteiger partial charge in [0.15, 0.2) is 5.13 Å². The van der Waals surface area contributed by atoms with E-state index in [0.717, 1.165) is 59.1 Å². The van der Waals surface area contributed by atoms with Crippen molar-refractivity contribution >= 4 is 34.2 Å². The Labute approximate surface area is 186 Å². The van der Waals surface area contributed by atoms with Crippen molar-refractivity contribution in [1.82, 2.24) is 20.2 Å². The van der Waals surface area contributed by atoms with Gasteiger partial charge in [-0.05, 0) is 57.1 Å². The maximum atomic E-state index is 13.4. The van der Waals surface area contributed by atoms with Crippen LogP contribution in [0.25, 0.3) is 10.6 Å². The number of nitrogens with one attached hydrogen (secondary N) is 2. The molecule has 2 fully saturated rings. The first-order valence-corrected chi connectivity index (χ1v) is 11.8. The van der Waals surface area contributed by atoms with Gasteiger partial charge in [0.1, 0.15) is 5.82 Å². The molecule has 1 saturated heterocycles. The Bertz CT molecular complexity index is 1040. The highest BCUT2D eigenvalue weighted by Gasteiger charge is 2.41. The van der Waals surface area contributed by atoms with Gasteiger partial charge in [-0.2, -0.15) is 0 Å². The van der Waals surface area contributed by atoms with Crippen LogP contribution >= 0.6 is 11.3 Å². The molecule has 2 aromatic heterocycles. The summed E-state index contributed by atoms with van der Waals surface area (Å²) in [7, 11) is 1.58. The SMILES string of the molecule is CNC(=O)Nc1nc(C)c(-c2cc3c(c(N4CCCC4)n2)C(=O)N([C@@H](C)C2CC2)C3)s1. The van der Waals surface area contributed by atoms with Gasteiger partial charge in [-0.25, -0.2) is 14.8 Å². The molecule has 2 aliphatic heterocycles. The van der Waals surface area contributed by atoms with Crippen molar-refractivity contribution in [1.29, 1.82) is 0 Å². The number of amides is 3. The lowest BCUT2D eigenvalue weighted by atomic mass is 10.1. The zero-order chi connectivity index (χ0) is 21.7. The van der Waals surface area contributed by atoms with Crippen LogP contribution in [0.2, 0.25) is 0 Å². The van der Waals surface area contributed by atoms with Crippen molar-refractivity contribution in [2.45, 2.75) is 52.1 Å². The summed E-state index contributed by atoms with van der Waals surface area (Å²) >= 11 is 1.41. The number of aryl methyl sites for hydroxylation is 1. The number of carbonyl (C=O) groups excluding carboxylic acids is 2. The molecule has 5 rings (SSSR count). The predicted molar refractivity (Wildman–Crippen MR) is 122 cm³/mol. The molecule has 3 amide bonds. The summed E-state index contributed by atoms with van der Waals surface area (Å²) in [6.07, 6.45) is 4.67. The van der Waals surface area contributed by atoms with E-state index in [1.807, 2.05) is 11.8 Å². The topological polar surface area (TPSA) is 90.5 Å². The minimum Gasteiger partial charge on any atom is -0.356 e. The molecule has 0 bridgehead atoms. The summed E-state index contributed by atoms with van der Waals surface area (Å²) in [6, 6.07) is 2.02. The average Bonchev–Trinajstić information content (AvgIpc) is 3.17. The fraction of sp³-hybridized carbons (Fsp3) is 0.545. The van der Waals surface area contributed by atoms with E-state index < -0.39 is 0 Å². The molecular formula is C22H28N6O2S. The monoisotopic (exact) mass is 440 g/mol. The number of fused-ring (bicyclic) bond motifs is 1. The predicted octanol–water partition coefficient (Wildman–Crippen LogP) is 3.62. The number of hydrogen-bond acceptors (Lipinski definition) is 6. The summed E-state index contributed by atoms with van der Waals surface area (Å²) in [5.74, 6) is 1.57. The number of rotatable bonds is 5. The second-order valence-electron chi connectivity index (χ2n) is 8.71. The Kier molecular flexibility index (Phi) is 5.08. The number of thiazole rings is 1. The van der Waals surface area contributed by atoms with Gasteiger partial charge >= 0.3 is 6.03 Å². The van der Waals surface area contributed by atoms with E-state index in [9.17, 15) is 9.59 Å². The van der Waals surface area contributed by atoms with Gasteiger partial charge in [0.25, 0.3) is 5.91 Å². The zero-order valence-corrected chi connectivity index (χ0v) is 19.0. The largest absolute Gasteiger partial charge is 0.356 e. The number of pyridine rings is 1. The van der Waals surface area contributed by atoms with Crippen molar-refractivity contribution in [3.8, 4) is 10.6 Å². The molecule has 1 atom stereocenters. The van der Waals surface area contributed by atoms with Crippen LogP contribution in [0.15, 0.2) is 6.07 Å². The highest BCUT2D eigenvalue weighted by molar-refractivity contribution is 7.19. The standard InChI is InChI=1S/C22H28N6O2S/c1-12-18(31-22(24-12)26-21(30)23-3)16-10-15-11-28(13(2)14-6-7-14)20(29)17(15)19(25-16)27-8-4-5-9-27/h10,13-14H,4-9,11H2,1-3H3,(H2,23,24,26,30)/t13-/m0/s1. The first kappa shape index (κ1) is 20.2. The molecule has 2 N–H and O–H groups in total. The quantitative estimate of drug-likeness (QED) is 0.741. The molecule has 31 heavy (non-hydrogen) atoms. The van der Waals surface area contributed by atoms with Crippen LogP contribution in [-0.4, -0.2) is 53.0 Å². The van der Waals surface area contributed by atoms with Crippen LogP contribution < -0.4 is 15.5 Å². The number of aromatic nitrogens is 2. The Balaban J connectivity index is 1.55. The molecule has 8 nitrogen and oxygen atoms in total. The van der Waals surface area contributed by atoms with E-state index in [2.05, 4.69) is 33.5 Å². The maximum Gasteiger partial charge on any atom is 0.320 e. The molecule has 0 unspecified atom stereocenters. The van der Waals surface area contributed by atoms with Gasteiger partial charge in [0.2, 0.25) is 0 Å². The Morgan fingerprint density at radius 1 is 1.26 bits per heavy atom. The van der Waals surface area contributed by atoms with Crippen LogP contribution in [0.4, 0.5) is 15.7 Å². The van der Waals surface area contributed by atoms with E-state index >= 15 is 0 Å². The number of anilines is 2. The smallest absolute Gasteiger partial charge is 0.320 e. The summed E-state index contributed by atoms with van der Waals surface area (Å²) in [5.41, 5.74) is 3.49. The minimum absolute atomic E-state index is 0.123. The van der Waals surface area contributed by atoms with E-state index in [-0.39, 0.29) is 18.0 Å². The molecular weight excluding hydrogens is 412 g/mol. The van der Waals surface area contributed by atoms with Gasteiger partial charge in [-0.3, -0.25) is 10.1 Å². The molecule has 0 aromatic carbocycles. The molecule has 0 spiro atoms. The van der Waals surface area contributed by atoms with Gasteiger partial charge in [0.05, 0.1) is 21.8 Å². The zero-order valence-electron chi connectivity index (χ0n) is 18.2. The lowest BCUT2D eigenvalue weighted by molar-refractivity contribution is 0.0697. The fourth-order valence-corrected chi connectivity index (χ4v) is 5.55. The third kappa shape index (κ3) is 3.64. The Hall–Kier alpha value is -2.68. The molecule has 1 saturated carbocycles. The van der Waals surface area contributed by atoms with Crippen LogP contribution in [-0.2, 0) is 6.54 Å². The van der Waals surface area contributed by atoms with Crippen molar-refractivity contribution < 1.29 is 9.59 Å². The summed E-state index contributed by atoms with van der Waals surface area (Å²) in [6.45, 7) is 6.61. The molecule has 0 radical (unpaired) electrons. The summed E-state index contributed by atoms with van der Waals surface area (Å²) in [5, 5.41) is 5.84. The summed E-state index contributed by atoms with van der Waals surface area (Å²) < 4.78 is 0. The minimum atomic E-state index is -0.296. The van der Waals surface area contributed by atoms with Crippen LogP contribution in [0.3, 0.4) is 0 Å². The van der Waals surface area contributed by atoms with E-state index in [1.165, 1.54) is 24.2 Å². The second kappa shape index (κ2) is 7.78. The Morgan fingerprint density at radius 2 is 2.00 bits per heavy atom. The van der Waals surface area contributed by atoms with E-state index in [0.29, 0.717) is 17.6 Å². The highest BCUT2D eigenvalue weighted by atomic mass is 32.1. The fourth-order valence-electron chi connectivity index (χ4n) is 4.62. The molecule has 2 aromatic rings. The second-order valence-corrected chi connectivity index (χ2v) is 9.71. The average molecular weight is 441 g/mol. The molecule has 4 heterocycles. The number of nitrogens with zero attached hydrogens (tertiary/aromatic N) is 4. The first-order valence-electron chi connectivity index (χ1n) is 11.0. The maximum absolute atomic E-state index is 13.4. The normalized spacial score (nSPS) is 19.0. The molecule has 3 aliphatic rings. The third-order valence-electron chi connectivity index (χ3n) is 6.58. The number of carbonyl (C=O) groups is 2. The number of urea groups is 1. The lowest BCUT2D eigenvalue weighted by Gasteiger charge is -2.24. The van der Waals surface area contributed by atoms with Crippen molar-refractivity contribution in [3.63, 3.8) is 0 Å². The van der Waals surface area contributed by atoms with Gasteiger partial charge in [0, 0.05) is 32.7 Å². The first-order chi connectivity index (χ1) is 15.0. The molecule has 164 valence electrons. The van der Waals surface area contributed by atoms with Crippen LogP contribution in [0.5, 0.6) is 0 Å². The third-order valence-corrected chi connectivity index (χ3v) is 7.67. The Morgan fingerprint density at radius 3 is 2.68 bits per heavy atom. The van der Waals surface area contributed by atoms with Gasteiger partial charge < -0.3 is 15.1 Å².